The lowest BCUT2D eigenvalue weighted by molar-refractivity contribution is -0.141. The van der Waals surface area contributed by atoms with E-state index >= 15 is 0 Å². The highest BCUT2D eigenvalue weighted by Gasteiger charge is 2.33. The Kier molecular flexibility index (Phi) is 5.65. The normalized spacial score (nSPS) is 11.9. The lowest BCUT2D eigenvalue weighted by Crippen LogP contribution is -2.22. The van der Waals surface area contributed by atoms with Gasteiger partial charge < -0.3 is 0 Å². The van der Waals surface area contributed by atoms with E-state index in [0.717, 1.165) is 12.1 Å². The number of pyridine rings is 2. The van der Waals surface area contributed by atoms with Gasteiger partial charge >= 0.3 is 6.18 Å². The van der Waals surface area contributed by atoms with Crippen LogP contribution >= 0.6 is 0 Å². The number of halogens is 5. The molecule has 0 aliphatic heterocycles. The Morgan fingerprint density at radius 3 is 2.06 bits per heavy atom. The Morgan fingerprint density at radius 2 is 1.47 bits per heavy atom. The predicted octanol–water partition coefficient (Wildman–Crippen LogP) is 6.71. The number of benzene rings is 1. The lowest BCUT2D eigenvalue weighted by Gasteiger charge is -2.24. The van der Waals surface area contributed by atoms with E-state index in [4.69, 9.17) is 6.57 Å². The fourth-order valence-electron chi connectivity index (χ4n) is 3.43. The highest BCUT2D eigenvalue weighted by molar-refractivity contribution is 5.67. The fraction of sp³-hybridized carbons (Fsp3) is 0.167. The Morgan fingerprint density at radius 1 is 0.853 bits per heavy atom. The van der Waals surface area contributed by atoms with Gasteiger partial charge in [-0.15, -0.1) is 0 Å². The maximum absolute atomic E-state index is 14.7. The van der Waals surface area contributed by atoms with Crippen LogP contribution in [0.2, 0.25) is 0 Å². The molecule has 10 heteroatoms. The van der Waals surface area contributed by atoms with E-state index in [2.05, 4.69) is 19.9 Å². The Balaban J connectivity index is 1.74. The predicted molar refractivity (Wildman–Crippen MR) is 115 cm³/mol. The Hall–Kier alpha value is -4.13. The van der Waals surface area contributed by atoms with Gasteiger partial charge in [0.1, 0.15) is 23.0 Å². The van der Waals surface area contributed by atoms with Crippen molar-refractivity contribution in [3.8, 4) is 22.6 Å². The zero-order chi connectivity index (χ0) is 24.7. The molecule has 0 aliphatic rings. The summed E-state index contributed by atoms with van der Waals surface area (Å²) in [4.78, 5) is 11.9. The molecule has 0 fully saturated rings. The molecule has 0 radical (unpaired) electrons. The number of rotatable bonds is 4. The largest absolute Gasteiger partial charge is 0.432 e. The highest BCUT2D eigenvalue weighted by atomic mass is 19.4. The molecule has 0 bridgehead atoms. The highest BCUT2D eigenvalue weighted by Crippen LogP contribution is 2.35. The molecule has 0 spiro atoms. The number of nitrogens with one attached hydrogen (secondary N) is 1. The molecule has 0 unspecified atom stereocenters. The van der Waals surface area contributed by atoms with Crippen molar-refractivity contribution in [3.05, 3.63) is 94.7 Å². The summed E-state index contributed by atoms with van der Waals surface area (Å²) in [6, 6.07) is 12.9. The molecule has 3 heterocycles. The first-order valence-corrected chi connectivity index (χ1v) is 9.96. The van der Waals surface area contributed by atoms with Crippen LogP contribution in [0.3, 0.4) is 0 Å². The molecule has 0 aliphatic carbocycles. The maximum atomic E-state index is 14.7. The lowest BCUT2D eigenvalue weighted by atomic mass is 9.84. The molecule has 0 amide bonds. The van der Waals surface area contributed by atoms with Crippen LogP contribution < -0.4 is 0 Å². The summed E-state index contributed by atoms with van der Waals surface area (Å²) in [5.41, 5.74) is -1.11. The van der Waals surface area contributed by atoms with Crippen molar-refractivity contribution < 1.29 is 22.0 Å². The van der Waals surface area contributed by atoms with Gasteiger partial charge in [-0.05, 0) is 56.3 Å². The van der Waals surface area contributed by atoms with Crippen LogP contribution in [0.25, 0.3) is 27.5 Å². The third-order valence-corrected chi connectivity index (χ3v) is 5.38. The number of aromatic amines is 1. The number of alkyl halides is 3. The molecule has 4 aromatic rings. The van der Waals surface area contributed by atoms with Gasteiger partial charge in [-0.3, -0.25) is 15.1 Å². The van der Waals surface area contributed by atoms with Crippen LogP contribution in [0, 0.1) is 18.2 Å². The van der Waals surface area contributed by atoms with Gasteiger partial charge in [-0.25, -0.2) is 13.6 Å². The van der Waals surface area contributed by atoms with Gasteiger partial charge in [0.2, 0.25) is 0 Å². The van der Waals surface area contributed by atoms with Gasteiger partial charge in [0, 0.05) is 11.0 Å². The molecular formula is C24H16F5N5. The summed E-state index contributed by atoms with van der Waals surface area (Å²) in [5.74, 6) is -1.96. The second-order valence-corrected chi connectivity index (χ2v) is 7.98. The number of aromatic nitrogens is 4. The molecule has 0 saturated heterocycles. The van der Waals surface area contributed by atoms with Crippen LogP contribution in [0.1, 0.15) is 30.9 Å². The first kappa shape index (κ1) is 23.0. The molecule has 3 aromatic heterocycles. The van der Waals surface area contributed by atoms with Crippen LogP contribution in [0.15, 0.2) is 54.6 Å². The molecule has 1 aromatic carbocycles. The minimum atomic E-state index is -4.56. The minimum absolute atomic E-state index is 0.0250. The Bertz CT molecular complexity index is 1420. The summed E-state index contributed by atoms with van der Waals surface area (Å²) in [5, 5.41) is 5.68. The van der Waals surface area contributed by atoms with Gasteiger partial charge in [0.15, 0.2) is 0 Å². The zero-order valence-corrected chi connectivity index (χ0v) is 17.9. The molecule has 5 nitrogen and oxygen atoms in total. The van der Waals surface area contributed by atoms with E-state index < -0.39 is 34.6 Å². The topological polar surface area (TPSA) is 58.8 Å². The molecule has 34 heavy (non-hydrogen) atoms. The van der Waals surface area contributed by atoms with Crippen molar-refractivity contribution >= 4 is 5.69 Å². The summed E-state index contributed by atoms with van der Waals surface area (Å²) < 4.78 is 67.2. The number of nitrogens with zero attached hydrogens (tertiary/aromatic N) is 4. The summed E-state index contributed by atoms with van der Waals surface area (Å²) in [6.45, 7) is 10.6. The van der Waals surface area contributed by atoms with Crippen molar-refractivity contribution in [2.75, 3.05) is 0 Å². The smallest absolute Gasteiger partial charge is 0.273 e. The van der Waals surface area contributed by atoms with Crippen LogP contribution in [0.5, 0.6) is 0 Å². The quantitative estimate of drug-likeness (QED) is 0.267. The van der Waals surface area contributed by atoms with Crippen LogP contribution in [0.4, 0.5) is 27.6 Å². The number of H-pyrrole nitrogens is 1. The van der Waals surface area contributed by atoms with Crippen LogP contribution in [-0.2, 0) is 11.6 Å². The van der Waals surface area contributed by atoms with Gasteiger partial charge in [-0.1, -0.05) is 12.1 Å². The second kappa shape index (κ2) is 8.33. The standard InChI is InChI=1S/C24H16F5N5/c1-23(2,19-9-5-7-16(32-19)17-12-20(34-33-17)24(27,28)29)18-8-4-6-15(31-18)13-10-11-14(25)22(30-3)21(13)26/h4-12H,1-2H3,(H,33,34). The molecule has 4 rings (SSSR count). The fourth-order valence-corrected chi connectivity index (χ4v) is 3.43. The average Bonchev–Trinajstić information content (AvgIpc) is 3.31. The van der Waals surface area contributed by atoms with E-state index in [1.807, 2.05) is 18.9 Å². The summed E-state index contributed by atoms with van der Waals surface area (Å²) >= 11 is 0. The van der Waals surface area contributed by atoms with E-state index in [1.54, 1.807) is 30.3 Å². The maximum Gasteiger partial charge on any atom is 0.432 e. The van der Waals surface area contributed by atoms with E-state index in [1.165, 1.54) is 12.1 Å². The summed E-state index contributed by atoms with van der Waals surface area (Å²) in [6.07, 6.45) is -4.56. The molecular weight excluding hydrogens is 453 g/mol. The van der Waals surface area contributed by atoms with Crippen LogP contribution in [-0.4, -0.2) is 20.2 Å². The molecule has 172 valence electrons. The van der Waals surface area contributed by atoms with Crippen molar-refractivity contribution in [1.82, 2.24) is 20.2 Å². The third kappa shape index (κ3) is 4.12. The second-order valence-electron chi connectivity index (χ2n) is 7.98. The number of hydrogen-bond acceptors (Lipinski definition) is 3. The van der Waals surface area contributed by atoms with Crippen molar-refractivity contribution in [2.45, 2.75) is 25.4 Å². The van der Waals surface area contributed by atoms with Crippen molar-refractivity contribution in [3.63, 3.8) is 0 Å². The summed E-state index contributed by atoms with van der Waals surface area (Å²) in [7, 11) is 0. The first-order chi connectivity index (χ1) is 16.0. The monoisotopic (exact) mass is 469 g/mol. The van der Waals surface area contributed by atoms with Crippen molar-refractivity contribution in [2.24, 2.45) is 0 Å². The minimum Gasteiger partial charge on any atom is -0.273 e. The molecule has 1 N–H and O–H groups in total. The average molecular weight is 469 g/mol. The SMILES string of the molecule is [C-]#[N+]c1c(F)ccc(-c2cccc(C(C)(C)c3cccc(-c4cc(C(F)(F)F)[nH]n4)n3)n2)c1F. The molecule has 0 saturated carbocycles. The first-order valence-electron chi connectivity index (χ1n) is 9.96. The Labute approximate surface area is 191 Å². The van der Waals surface area contributed by atoms with Gasteiger partial charge in [-0.2, -0.15) is 18.3 Å². The van der Waals surface area contributed by atoms with Gasteiger partial charge in [0.05, 0.1) is 29.3 Å². The third-order valence-electron chi connectivity index (χ3n) is 5.38. The zero-order valence-electron chi connectivity index (χ0n) is 17.9. The molecule has 0 atom stereocenters. The van der Waals surface area contributed by atoms with E-state index in [-0.39, 0.29) is 22.6 Å². The van der Waals surface area contributed by atoms with E-state index in [0.29, 0.717) is 11.4 Å². The number of hydrogen-bond donors (Lipinski definition) is 1. The van der Waals surface area contributed by atoms with Crippen molar-refractivity contribution in [1.29, 1.82) is 0 Å². The van der Waals surface area contributed by atoms with E-state index in [9.17, 15) is 22.0 Å². The van der Waals surface area contributed by atoms with Gasteiger partial charge in [0.25, 0.3) is 5.69 Å².